The fraction of sp³-hybridized carbons (Fsp3) is 0.444. The number of anilines is 1. The van der Waals surface area contributed by atoms with Crippen molar-refractivity contribution in [1.29, 1.82) is 0 Å². The van der Waals surface area contributed by atoms with Gasteiger partial charge in [-0.15, -0.1) is 0 Å². The zero-order chi connectivity index (χ0) is 24.9. The highest BCUT2D eigenvalue weighted by atomic mass is 16.5. The Hall–Kier alpha value is -3.55. The van der Waals surface area contributed by atoms with Crippen LogP contribution in [0.5, 0.6) is 5.75 Å². The van der Waals surface area contributed by atoms with Crippen molar-refractivity contribution in [3.05, 3.63) is 57.9 Å². The number of nitrogens with zero attached hydrogens (tertiary/aromatic N) is 2. The van der Waals surface area contributed by atoms with Crippen LogP contribution in [0.4, 0.5) is 5.69 Å². The van der Waals surface area contributed by atoms with Gasteiger partial charge in [0.25, 0.3) is 5.56 Å². The third-order valence-corrected chi connectivity index (χ3v) is 6.73. The molecule has 8 nitrogen and oxygen atoms in total. The molecule has 0 saturated heterocycles. The highest BCUT2D eigenvalue weighted by Crippen LogP contribution is 2.28. The summed E-state index contributed by atoms with van der Waals surface area (Å²) in [4.78, 5) is 37.7. The highest BCUT2D eigenvalue weighted by molar-refractivity contribution is 5.93. The van der Waals surface area contributed by atoms with Crippen LogP contribution < -0.4 is 15.6 Å². The quantitative estimate of drug-likeness (QED) is 0.454. The van der Waals surface area contributed by atoms with Crippen molar-refractivity contribution in [1.82, 2.24) is 9.36 Å². The lowest BCUT2D eigenvalue weighted by molar-refractivity contribution is -0.117. The number of methoxy groups -OCH3 is 2. The molecule has 1 saturated carbocycles. The van der Waals surface area contributed by atoms with Gasteiger partial charge in [-0.25, -0.2) is 9.48 Å². The Morgan fingerprint density at radius 1 is 1.06 bits per heavy atom. The number of hydrogen-bond donors (Lipinski definition) is 1. The Morgan fingerprint density at radius 3 is 2.51 bits per heavy atom. The number of fused-ring (bicyclic) bond motifs is 1. The molecule has 1 heterocycles. The molecule has 1 fully saturated rings. The number of aromatic nitrogens is 2. The number of benzene rings is 2. The van der Waals surface area contributed by atoms with Gasteiger partial charge in [0.1, 0.15) is 5.75 Å². The topological polar surface area (TPSA) is 91.6 Å². The second-order valence-electron chi connectivity index (χ2n) is 9.14. The minimum atomic E-state index is -0.442. The molecule has 1 N–H and O–H groups in total. The fourth-order valence-electron chi connectivity index (χ4n) is 4.96. The first kappa shape index (κ1) is 24.6. The van der Waals surface area contributed by atoms with E-state index >= 15 is 0 Å². The first-order valence-electron chi connectivity index (χ1n) is 12.2. The number of ether oxygens (including phenoxy) is 2. The van der Waals surface area contributed by atoms with E-state index in [1.165, 1.54) is 20.0 Å². The van der Waals surface area contributed by atoms with Crippen LogP contribution in [0.3, 0.4) is 0 Å². The molecule has 1 aliphatic carbocycles. The molecule has 0 unspecified atom stereocenters. The molecule has 186 valence electrons. The Morgan fingerprint density at radius 2 is 1.83 bits per heavy atom. The van der Waals surface area contributed by atoms with Gasteiger partial charge in [0.15, 0.2) is 0 Å². The second kappa shape index (κ2) is 10.8. The van der Waals surface area contributed by atoms with Gasteiger partial charge in [-0.1, -0.05) is 25.8 Å². The summed E-state index contributed by atoms with van der Waals surface area (Å²) in [5.41, 5.74) is 2.55. The largest absolute Gasteiger partial charge is 0.496 e. The number of rotatable bonds is 9. The van der Waals surface area contributed by atoms with E-state index in [9.17, 15) is 14.4 Å². The van der Waals surface area contributed by atoms with Crippen molar-refractivity contribution in [2.24, 2.45) is 5.92 Å². The van der Waals surface area contributed by atoms with Crippen LogP contribution in [0.1, 0.15) is 61.4 Å². The average Bonchev–Trinajstić information content (AvgIpc) is 3.46. The molecule has 0 spiro atoms. The molecule has 0 bridgehead atoms. The molecular weight excluding hydrogens is 446 g/mol. The summed E-state index contributed by atoms with van der Waals surface area (Å²) in [6.45, 7) is 2.94. The average molecular weight is 480 g/mol. The lowest BCUT2D eigenvalue weighted by Crippen LogP contribution is -2.23. The van der Waals surface area contributed by atoms with Gasteiger partial charge >= 0.3 is 5.97 Å². The fourth-order valence-corrected chi connectivity index (χ4v) is 4.96. The molecule has 1 aromatic heterocycles. The standard InChI is InChI=1S/C27H33N3O5/c1-4-13-29-26(32)22-12-11-21(28-25(31)14-18-7-5-6-8-18)16-23(22)30(29)17-20-10-9-19(27(33)35-3)15-24(20)34-2/h9-12,15-16,18H,4-8,13-14,17H2,1-3H3,(H,28,31). The first-order valence-corrected chi connectivity index (χ1v) is 12.2. The monoisotopic (exact) mass is 479 g/mol. The van der Waals surface area contributed by atoms with Crippen LogP contribution >= 0.6 is 0 Å². The van der Waals surface area contributed by atoms with Crippen molar-refractivity contribution in [3.63, 3.8) is 0 Å². The Balaban J connectivity index is 1.69. The first-order chi connectivity index (χ1) is 16.9. The zero-order valence-electron chi connectivity index (χ0n) is 20.6. The number of carbonyl (C=O) groups is 2. The van der Waals surface area contributed by atoms with Crippen molar-refractivity contribution >= 4 is 28.5 Å². The van der Waals surface area contributed by atoms with E-state index < -0.39 is 5.97 Å². The molecule has 2 aromatic carbocycles. The maximum absolute atomic E-state index is 13.2. The van der Waals surface area contributed by atoms with Crippen LogP contribution in [0.15, 0.2) is 41.2 Å². The van der Waals surface area contributed by atoms with Crippen molar-refractivity contribution < 1.29 is 19.1 Å². The highest BCUT2D eigenvalue weighted by Gasteiger charge is 2.20. The predicted molar refractivity (Wildman–Crippen MR) is 135 cm³/mol. The lowest BCUT2D eigenvalue weighted by Gasteiger charge is -2.16. The summed E-state index contributed by atoms with van der Waals surface area (Å²) >= 11 is 0. The Kier molecular flexibility index (Phi) is 7.58. The molecule has 35 heavy (non-hydrogen) atoms. The van der Waals surface area contributed by atoms with Crippen LogP contribution in [0.2, 0.25) is 0 Å². The number of hydrogen-bond acceptors (Lipinski definition) is 5. The summed E-state index contributed by atoms with van der Waals surface area (Å²) < 4.78 is 14.0. The number of esters is 1. The molecule has 3 aromatic rings. The summed E-state index contributed by atoms with van der Waals surface area (Å²) in [6, 6.07) is 10.6. The smallest absolute Gasteiger partial charge is 0.337 e. The van der Waals surface area contributed by atoms with E-state index in [1.54, 1.807) is 36.1 Å². The van der Waals surface area contributed by atoms with Crippen molar-refractivity contribution in [2.45, 2.75) is 58.5 Å². The van der Waals surface area contributed by atoms with Gasteiger partial charge in [-0.2, -0.15) is 0 Å². The van der Waals surface area contributed by atoms with Gasteiger partial charge < -0.3 is 14.8 Å². The molecule has 4 rings (SSSR count). The number of carbonyl (C=O) groups excluding carboxylic acids is 2. The maximum Gasteiger partial charge on any atom is 0.337 e. The zero-order valence-corrected chi connectivity index (χ0v) is 20.6. The number of nitrogens with one attached hydrogen (secondary N) is 1. The van der Waals surface area contributed by atoms with Crippen LogP contribution in [-0.2, 0) is 22.6 Å². The summed E-state index contributed by atoms with van der Waals surface area (Å²) in [7, 11) is 2.88. The summed E-state index contributed by atoms with van der Waals surface area (Å²) in [5, 5.41) is 3.62. The summed E-state index contributed by atoms with van der Waals surface area (Å²) in [6.07, 6.45) is 5.95. The predicted octanol–water partition coefficient (Wildman–Crippen LogP) is 4.58. The van der Waals surface area contributed by atoms with Crippen LogP contribution in [-0.4, -0.2) is 35.5 Å². The SMILES string of the molecule is CCCn1c(=O)c2ccc(NC(=O)CC3CCCC3)cc2n1Cc1ccc(C(=O)OC)cc1OC. The van der Waals surface area contributed by atoms with Gasteiger partial charge in [0.05, 0.1) is 37.2 Å². The van der Waals surface area contributed by atoms with Crippen molar-refractivity contribution in [3.8, 4) is 5.75 Å². The Labute approximate surface area is 204 Å². The van der Waals surface area contributed by atoms with E-state index in [-0.39, 0.29) is 11.5 Å². The minimum Gasteiger partial charge on any atom is -0.496 e. The lowest BCUT2D eigenvalue weighted by atomic mass is 10.0. The van der Waals surface area contributed by atoms with Gasteiger partial charge in [-0.3, -0.25) is 14.3 Å². The normalized spacial score (nSPS) is 13.8. The molecule has 1 amide bonds. The molecular formula is C27H33N3O5. The molecule has 0 aliphatic heterocycles. The molecule has 8 heteroatoms. The van der Waals surface area contributed by atoms with E-state index in [4.69, 9.17) is 9.47 Å². The third kappa shape index (κ3) is 5.26. The van der Waals surface area contributed by atoms with Crippen molar-refractivity contribution in [2.75, 3.05) is 19.5 Å². The van der Waals surface area contributed by atoms with E-state index in [0.29, 0.717) is 47.8 Å². The van der Waals surface area contributed by atoms with Gasteiger partial charge in [0.2, 0.25) is 5.91 Å². The number of amides is 1. The van der Waals surface area contributed by atoms with Gasteiger partial charge in [-0.05, 0) is 55.5 Å². The summed E-state index contributed by atoms with van der Waals surface area (Å²) in [5.74, 6) is 0.564. The Bertz CT molecular complexity index is 1280. The van der Waals surface area contributed by atoms with Crippen LogP contribution in [0, 0.1) is 5.92 Å². The minimum absolute atomic E-state index is 0.0122. The van der Waals surface area contributed by atoms with Gasteiger partial charge in [0, 0.05) is 24.2 Å². The van der Waals surface area contributed by atoms with Crippen LogP contribution in [0.25, 0.3) is 10.9 Å². The van der Waals surface area contributed by atoms with E-state index in [2.05, 4.69) is 5.32 Å². The second-order valence-corrected chi connectivity index (χ2v) is 9.14. The third-order valence-electron chi connectivity index (χ3n) is 6.73. The van der Waals surface area contributed by atoms with E-state index in [0.717, 1.165) is 30.3 Å². The maximum atomic E-state index is 13.2. The van der Waals surface area contributed by atoms with E-state index in [1.807, 2.05) is 23.7 Å². The molecule has 0 atom stereocenters. The molecule has 1 aliphatic rings. The molecule has 0 radical (unpaired) electrons.